The van der Waals surface area contributed by atoms with Gasteiger partial charge in [-0.2, -0.15) is 13.2 Å². The van der Waals surface area contributed by atoms with Crippen LogP contribution in [0.5, 0.6) is 11.5 Å². The van der Waals surface area contributed by atoms with Crippen LogP contribution in [0.4, 0.5) is 17.6 Å². The summed E-state index contributed by atoms with van der Waals surface area (Å²) in [4.78, 5) is 13.3. The Morgan fingerprint density at radius 2 is 1.79 bits per heavy atom. The summed E-state index contributed by atoms with van der Waals surface area (Å²) in [6.45, 7) is 1.93. The van der Waals surface area contributed by atoms with Crippen LogP contribution < -0.4 is 9.47 Å². The van der Waals surface area contributed by atoms with Crippen molar-refractivity contribution in [1.29, 1.82) is 0 Å². The molecule has 252 valence electrons. The zero-order valence-corrected chi connectivity index (χ0v) is 27.7. The first-order valence-electron chi connectivity index (χ1n) is 15.4. The summed E-state index contributed by atoms with van der Waals surface area (Å²) in [5, 5.41) is 11.8. The molecular weight excluding hydrogens is 684 g/mol. The third-order valence-electron chi connectivity index (χ3n) is 8.49. The molecule has 1 atom stereocenters. The minimum Gasteiger partial charge on any atom is -0.493 e. The minimum atomic E-state index is -4.99. The highest BCUT2D eigenvalue weighted by Crippen LogP contribution is 2.44. The molecule has 0 spiro atoms. The maximum atomic E-state index is 14.9. The van der Waals surface area contributed by atoms with Gasteiger partial charge < -0.3 is 23.9 Å². The van der Waals surface area contributed by atoms with E-state index in [0.717, 1.165) is 5.56 Å². The number of likely N-dealkylation sites (tertiary alicyclic amines) is 1. The second-order valence-electron chi connectivity index (χ2n) is 11.7. The van der Waals surface area contributed by atoms with Crippen LogP contribution in [0.3, 0.4) is 0 Å². The molecule has 1 aliphatic rings. The van der Waals surface area contributed by atoms with Crippen molar-refractivity contribution in [1.82, 2.24) is 9.47 Å². The number of nitrogens with zero attached hydrogens (tertiary/aromatic N) is 2. The van der Waals surface area contributed by atoms with Gasteiger partial charge >= 0.3 is 12.1 Å². The fourth-order valence-corrected chi connectivity index (χ4v) is 6.34. The number of rotatable bonds is 12. The number of halogens is 5. The second kappa shape index (κ2) is 14.7. The third-order valence-corrected chi connectivity index (χ3v) is 8.98. The molecule has 5 rings (SSSR count). The Morgan fingerprint density at radius 1 is 1.04 bits per heavy atom. The summed E-state index contributed by atoms with van der Waals surface area (Å²) in [5.74, 6) is 0.257. The Hall–Kier alpha value is -3.61. The van der Waals surface area contributed by atoms with Crippen molar-refractivity contribution in [2.45, 2.75) is 57.0 Å². The number of benzene rings is 3. The van der Waals surface area contributed by atoms with E-state index in [2.05, 4.69) is 15.9 Å². The first-order chi connectivity index (χ1) is 22.4. The molecular formula is C35H37BrF4N2O5. The lowest BCUT2D eigenvalue weighted by Gasteiger charge is -2.39. The van der Waals surface area contributed by atoms with Crippen LogP contribution in [0.25, 0.3) is 10.9 Å². The van der Waals surface area contributed by atoms with E-state index >= 15 is 0 Å². The zero-order valence-electron chi connectivity index (χ0n) is 26.2. The van der Waals surface area contributed by atoms with E-state index in [-0.39, 0.29) is 49.1 Å². The van der Waals surface area contributed by atoms with Crippen molar-refractivity contribution in [2.75, 3.05) is 33.4 Å². The average molecular weight is 722 g/mol. The number of carbonyl (C=O) groups excluding carboxylic acids is 1. The number of carbonyl (C=O) groups is 1. The van der Waals surface area contributed by atoms with Crippen LogP contribution in [0.15, 0.2) is 71.3 Å². The normalized spacial score (nSPS) is 15.8. The van der Waals surface area contributed by atoms with Gasteiger partial charge in [0.2, 0.25) is 5.60 Å². The van der Waals surface area contributed by atoms with E-state index in [1.807, 2.05) is 6.07 Å². The number of hydrogen-bond acceptors (Lipinski definition) is 6. The lowest BCUT2D eigenvalue weighted by molar-refractivity contribution is -0.272. The fourth-order valence-electron chi connectivity index (χ4n) is 6.00. The Kier molecular flexibility index (Phi) is 10.8. The predicted octanol–water partition coefficient (Wildman–Crippen LogP) is 7.39. The molecule has 3 aromatic carbocycles. The van der Waals surface area contributed by atoms with Gasteiger partial charge in [0.25, 0.3) is 0 Å². The number of alkyl halides is 3. The molecule has 0 aliphatic carbocycles. The number of aromatic nitrogens is 1. The van der Waals surface area contributed by atoms with Crippen molar-refractivity contribution in [3.63, 3.8) is 0 Å². The van der Waals surface area contributed by atoms with Crippen molar-refractivity contribution < 1.29 is 41.7 Å². The Bertz CT molecular complexity index is 1700. The van der Waals surface area contributed by atoms with Gasteiger partial charge in [0.1, 0.15) is 11.9 Å². The molecule has 1 fully saturated rings. The van der Waals surface area contributed by atoms with Crippen LogP contribution in [0, 0.1) is 5.82 Å². The topological polar surface area (TPSA) is 73.2 Å². The third kappa shape index (κ3) is 7.93. The lowest BCUT2D eigenvalue weighted by atomic mass is 9.91. The molecule has 47 heavy (non-hydrogen) atoms. The van der Waals surface area contributed by atoms with Crippen molar-refractivity contribution in [2.24, 2.45) is 0 Å². The van der Waals surface area contributed by atoms with Gasteiger partial charge in [0.05, 0.1) is 20.3 Å². The molecule has 7 nitrogen and oxygen atoms in total. The summed E-state index contributed by atoms with van der Waals surface area (Å²) in [5.41, 5.74) is -1.83. The lowest BCUT2D eigenvalue weighted by Crippen LogP contribution is -2.53. The van der Waals surface area contributed by atoms with Crippen molar-refractivity contribution in [3.05, 3.63) is 93.8 Å². The van der Waals surface area contributed by atoms with E-state index in [1.165, 1.54) is 19.4 Å². The van der Waals surface area contributed by atoms with Crippen LogP contribution >= 0.6 is 15.9 Å². The molecule has 1 N–H and O–H groups in total. The van der Waals surface area contributed by atoms with E-state index in [4.69, 9.17) is 14.2 Å². The molecule has 1 saturated heterocycles. The van der Waals surface area contributed by atoms with Gasteiger partial charge in [-0.3, -0.25) is 9.69 Å². The van der Waals surface area contributed by atoms with Gasteiger partial charge in [0, 0.05) is 58.8 Å². The number of hydrogen-bond donors (Lipinski definition) is 1. The molecule has 0 radical (unpaired) electrons. The molecule has 2 heterocycles. The molecule has 1 aliphatic heterocycles. The number of β-amino-alcohol motifs (C(OH)–C–C–N with tert-alkyl or cyclic N) is 1. The van der Waals surface area contributed by atoms with Crippen LogP contribution in [0.1, 0.15) is 42.9 Å². The number of ether oxygens (including phenoxy) is 3. The smallest absolute Gasteiger partial charge is 0.422 e. The SMILES string of the molecule is CCOC(=O)CCc1ccc(OC2CCN(CC(O)(c3cn(Cc4ccccc4F)c4cc(Br)ccc34)C(F)(F)F)CC2)c(OC)c1. The maximum Gasteiger partial charge on any atom is 0.422 e. The summed E-state index contributed by atoms with van der Waals surface area (Å²) in [6, 6.07) is 16.3. The molecule has 4 aromatic rings. The quantitative estimate of drug-likeness (QED) is 0.122. The Balaban J connectivity index is 1.31. The monoisotopic (exact) mass is 720 g/mol. The standard InChI is InChI=1S/C35H37BrF4N2O5/c1-3-46-33(43)13-9-23-8-12-31(32(18-23)45-2)47-26-14-16-41(17-15-26)22-34(44,35(38,39)40)28-21-42(20-24-6-4-5-7-29(24)37)30-19-25(36)10-11-27(28)30/h4-8,10-12,18-19,21,26,44H,3,9,13-17,20,22H2,1-2H3. The van der Waals surface area contributed by atoms with E-state index in [9.17, 15) is 27.5 Å². The van der Waals surface area contributed by atoms with E-state index in [0.29, 0.717) is 52.9 Å². The summed E-state index contributed by atoms with van der Waals surface area (Å²) in [6.07, 6.45) is -2.39. The predicted molar refractivity (Wildman–Crippen MR) is 173 cm³/mol. The maximum absolute atomic E-state index is 14.9. The molecule has 1 unspecified atom stereocenters. The number of methoxy groups -OCH3 is 1. The Labute approximate surface area is 279 Å². The highest BCUT2D eigenvalue weighted by molar-refractivity contribution is 9.10. The molecule has 12 heteroatoms. The zero-order chi connectivity index (χ0) is 33.8. The highest BCUT2D eigenvalue weighted by atomic mass is 79.9. The number of aryl methyl sites for hydroxylation is 1. The largest absolute Gasteiger partial charge is 0.493 e. The van der Waals surface area contributed by atoms with Gasteiger partial charge in [-0.05, 0) is 62.1 Å². The number of piperidine rings is 1. The highest BCUT2D eigenvalue weighted by Gasteiger charge is 2.57. The van der Waals surface area contributed by atoms with E-state index in [1.54, 1.807) is 64.9 Å². The number of fused-ring (bicyclic) bond motifs is 1. The van der Waals surface area contributed by atoms with Gasteiger partial charge in [-0.1, -0.05) is 46.3 Å². The summed E-state index contributed by atoms with van der Waals surface area (Å²) < 4.78 is 77.9. The fraction of sp³-hybridized carbons (Fsp3) is 0.400. The average Bonchev–Trinajstić information content (AvgIpc) is 3.39. The molecule has 0 saturated carbocycles. The Morgan fingerprint density at radius 3 is 2.47 bits per heavy atom. The van der Waals surface area contributed by atoms with Gasteiger partial charge in [-0.15, -0.1) is 0 Å². The van der Waals surface area contributed by atoms with Gasteiger partial charge in [0.15, 0.2) is 11.5 Å². The van der Waals surface area contributed by atoms with Crippen LogP contribution in [-0.4, -0.2) is 66.2 Å². The van der Waals surface area contributed by atoms with Crippen molar-refractivity contribution >= 4 is 32.8 Å². The second-order valence-corrected chi connectivity index (χ2v) is 12.6. The van der Waals surface area contributed by atoms with E-state index < -0.39 is 24.1 Å². The molecule has 0 bridgehead atoms. The molecule has 1 aromatic heterocycles. The summed E-state index contributed by atoms with van der Waals surface area (Å²) in [7, 11) is 1.52. The number of esters is 1. The van der Waals surface area contributed by atoms with Crippen LogP contribution in [-0.2, 0) is 28.1 Å². The van der Waals surface area contributed by atoms with Gasteiger partial charge in [-0.25, -0.2) is 4.39 Å². The van der Waals surface area contributed by atoms with Crippen molar-refractivity contribution in [3.8, 4) is 11.5 Å². The van der Waals surface area contributed by atoms with Crippen LogP contribution in [0.2, 0.25) is 0 Å². The minimum absolute atomic E-state index is 0.00780. The number of aliphatic hydroxyl groups is 1. The molecule has 0 amide bonds. The first-order valence-corrected chi connectivity index (χ1v) is 16.2. The first kappa shape index (κ1) is 34.7. The summed E-state index contributed by atoms with van der Waals surface area (Å²) >= 11 is 3.39.